The van der Waals surface area contributed by atoms with Crippen LogP contribution >= 0.6 is 11.8 Å². The lowest BCUT2D eigenvalue weighted by Gasteiger charge is -2.16. The lowest BCUT2D eigenvalue weighted by atomic mass is 10.1. The van der Waals surface area contributed by atoms with Crippen molar-refractivity contribution in [1.29, 1.82) is 0 Å². The first-order chi connectivity index (χ1) is 5.20. The number of hydrogen-bond acceptors (Lipinski definition) is 3. The second-order valence-electron chi connectivity index (χ2n) is 3.15. The molecule has 1 atom stereocenters. The van der Waals surface area contributed by atoms with E-state index in [0.29, 0.717) is 6.04 Å². The first-order valence-corrected chi connectivity index (χ1v) is 5.40. The summed E-state index contributed by atoms with van der Waals surface area (Å²) < 4.78 is 0. The summed E-state index contributed by atoms with van der Waals surface area (Å²) in [6, 6.07) is 0.486. The van der Waals surface area contributed by atoms with E-state index in [0.717, 1.165) is 11.7 Å². The molecular formula is C8H20N2S. The van der Waals surface area contributed by atoms with Gasteiger partial charge in [-0.3, -0.25) is 11.3 Å². The molecule has 0 saturated carbocycles. The molecule has 0 bridgehead atoms. The minimum atomic E-state index is 0.486. The normalized spacial score (nSPS) is 13.9. The summed E-state index contributed by atoms with van der Waals surface area (Å²) >= 11 is 1.94. The summed E-state index contributed by atoms with van der Waals surface area (Å²) in [5.41, 5.74) is 2.85. The van der Waals surface area contributed by atoms with Crippen LogP contribution in [0.15, 0.2) is 0 Å². The molecule has 0 heterocycles. The van der Waals surface area contributed by atoms with E-state index in [4.69, 9.17) is 5.84 Å². The molecule has 0 radical (unpaired) electrons. The summed E-state index contributed by atoms with van der Waals surface area (Å²) in [6.45, 7) is 6.62. The maximum Gasteiger partial charge on any atom is 0.0303 e. The van der Waals surface area contributed by atoms with Gasteiger partial charge in [-0.15, -0.1) is 0 Å². The Morgan fingerprint density at radius 2 is 2.09 bits per heavy atom. The average molecular weight is 176 g/mol. The third kappa shape index (κ3) is 6.66. The summed E-state index contributed by atoms with van der Waals surface area (Å²) in [4.78, 5) is 0. The van der Waals surface area contributed by atoms with Crippen LogP contribution in [-0.4, -0.2) is 17.5 Å². The van der Waals surface area contributed by atoms with E-state index >= 15 is 0 Å². The van der Waals surface area contributed by atoms with Gasteiger partial charge in [0.2, 0.25) is 0 Å². The molecule has 2 nitrogen and oxygen atoms in total. The number of hydrogen-bond donors (Lipinski definition) is 2. The Hall–Kier alpha value is 0.270. The van der Waals surface area contributed by atoms with Crippen molar-refractivity contribution in [3.63, 3.8) is 0 Å². The summed E-state index contributed by atoms with van der Waals surface area (Å²) in [6.07, 6.45) is 1.17. The van der Waals surface area contributed by atoms with E-state index in [2.05, 4.69) is 26.2 Å². The molecule has 11 heavy (non-hydrogen) atoms. The van der Waals surface area contributed by atoms with Gasteiger partial charge in [0, 0.05) is 11.8 Å². The number of hydrazine groups is 1. The van der Waals surface area contributed by atoms with Gasteiger partial charge >= 0.3 is 0 Å². The molecule has 68 valence electrons. The Balaban J connectivity index is 3.41. The van der Waals surface area contributed by atoms with E-state index in [1.807, 2.05) is 11.8 Å². The van der Waals surface area contributed by atoms with Crippen molar-refractivity contribution in [2.75, 3.05) is 11.5 Å². The highest BCUT2D eigenvalue weighted by molar-refractivity contribution is 7.99. The van der Waals surface area contributed by atoms with Crippen molar-refractivity contribution in [3.8, 4) is 0 Å². The maximum absolute atomic E-state index is 5.40. The van der Waals surface area contributed by atoms with Gasteiger partial charge in [-0.05, 0) is 18.1 Å². The average Bonchev–Trinajstić information content (AvgIpc) is 1.97. The molecule has 0 aliphatic carbocycles. The number of thioether (sulfide) groups is 1. The smallest absolute Gasteiger partial charge is 0.0303 e. The highest BCUT2D eigenvalue weighted by atomic mass is 32.2. The Morgan fingerprint density at radius 1 is 1.45 bits per heavy atom. The molecule has 0 aliphatic heterocycles. The molecule has 0 aromatic heterocycles. The number of nitrogens with two attached hydrogens (primary N) is 1. The fourth-order valence-corrected chi connectivity index (χ4v) is 1.77. The molecule has 3 N–H and O–H groups in total. The van der Waals surface area contributed by atoms with E-state index in [1.54, 1.807) is 0 Å². The van der Waals surface area contributed by atoms with Crippen LogP contribution in [-0.2, 0) is 0 Å². The Labute approximate surface area is 74.3 Å². The summed E-state index contributed by atoms with van der Waals surface area (Å²) in [5, 5.41) is 0. The summed E-state index contributed by atoms with van der Waals surface area (Å²) in [5.74, 6) is 8.44. The predicted molar refractivity (Wildman–Crippen MR) is 53.6 cm³/mol. The number of nitrogens with one attached hydrogen (secondary N) is 1. The molecule has 1 unspecified atom stereocenters. The minimum absolute atomic E-state index is 0.486. The Bertz CT molecular complexity index is 86.2. The molecule has 0 spiro atoms. The topological polar surface area (TPSA) is 38.0 Å². The van der Waals surface area contributed by atoms with Crippen molar-refractivity contribution in [1.82, 2.24) is 5.43 Å². The lowest BCUT2D eigenvalue weighted by Crippen LogP contribution is -2.38. The third-order valence-electron chi connectivity index (χ3n) is 1.51. The van der Waals surface area contributed by atoms with Gasteiger partial charge in [0.1, 0.15) is 0 Å². The van der Waals surface area contributed by atoms with Crippen molar-refractivity contribution in [2.24, 2.45) is 11.8 Å². The van der Waals surface area contributed by atoms with Crippen molar-refractivity contribution >= 4 is 11.8 Å². The number of rotatable bonds is 6. The third-order valence-corrected chi connectivity index (χ3v) is 2.56. The first-order valence-electron chi connectivity index (χ1n) is 4.24. The molecule has 0 amide bonds. The lowest BCUT2D eigenvalue weighted by molar-refractivity contribution is 0.456. The van der Waals surface area contributed by atoms with Gasteiger partial charge < -0.3 is 0 Å². The SMILES string of the molecule is CCSCC(CC(C)C)NN. The van der Waals surface area contributed by atoms with E-state index in [-0.39, 0.29) is 0 Å². The van der Waals surface area contributed by atoms with E-state index in [9.17, 15) is 0 Å². The fourth-order valence-electron chi connectivity index (χ4n) is 1.01. The first kappa shape index (κ1) is 11.3. The second-order valence-corrected chi connectivity index (χ2v) is 4.47. The van der Waals surface area contributed by atoms with E-state index in [1.165, 1.54) is 12.2 Å². The monoisotopic (exact) mass is 176 g/mol. The van der Waals surface area contributed by atoms with Gasteiger partial charge in [0.05, 0.1) is 0 Å². The largest absolute Gasteiger partial charge is 0.271 e. The zero-order valence-corrected chi connectivity index (χ0v) is 8.58. The Morgan fingerprint density at radius 3 is 2.45 bits per heavy atom. The molecule has 0 saturated heterocycles. The van der Waals surface area contributed by atoms with Crippen LogP contribution < -0.4 is 11.3 Å². The van der Waals surface area contributed by atoms with Crippen LogP contribution in [0, 0.1) is 5.92 Å². The molecular weight excluding hydrogens is 156 g/mol. The van der Waals surface area contributed by atoms with Gasteiger partial charge in [-0.1, -0.05) is 20.8 Å². The molecule has 0 aromatic carbocycles. The van der Waals surface area contributed by atoms with Crippen molar-refractivity contribution in [3.05, 3.63) is 0 Å². The van der Waals surface area contributed by atoms with Crippen LogP contribution in [0.5, 0.6) is 0 Å². The van der Waals surface area contributed by atoms with Gasteiger partial charge in [0.25, 0.3) is 0 Å². The Kier molecular flexibility index (Phi) is 7.12. The summed E-state index contributed by atoms with van der Waals surface area (Å²) in [7, 11) is 0. The maximum atomic E-state index is 5.40. The molecule has 0 aliphatic rings. The zero-order chi connectivity index (χ0) is 8.69. The van der Waals surface area contributed by atoms with Gasteiger partial charge in [0.15, 0.2) is 0 Å². The van der Waals surface area contributed by atoms with Crippen molar-refractivity contribution in [2.45, 2.75) is 33.2 Å². The minimum Gasteiger partial charge on any atom is -0.271 e. The van der Waals surface area contributed by atoms with Gasteiger partial charge in [-0.2, -0.15) is 11.8 Å². The van der Waals surface area contributed by atoms with E-state index < -0.39 is 0 Å². The standard InChI is InChI=1S/C8H20N2S/c1-4-11-6-8(10-9)5-7(2)3/h7-8,10H,4-6,9H2,1-3H3. The zero-order valence-electron chi connectivity index (χ0n) is 7.76. The quantitative estimate of drug-likeness (QED) is 0.477. The fraction of sp³-hybridized carbons (Fsp3) is 1.00. The van der Waals surface area contributed by atoms with Gasteiger partial charge in [-0.25, -0.2) is 0 Å². The highest BCUT2D eigenvalue weighted by Crippen LogP contribution is 2.09. The van der Waals surface area contributed by atoms with Crippen LogP contribution in [0.25, 0.3) is 0 Å². The molecule has 0 aromatic rings. The van der Waals surface area contributed by atoms with Crippen LogP contribution in [0.4, 0.5) is 0 Å². The predicted octanol–water partition coefficient (Wildman–Crippen LogP) is 1.62. The van der Waals surface area contributed by atoms with Crippen LogP contribution in [0.1, 0.15) is 27.2 Å². The van der Waals surface area contributed by atoms with Crippen LogP contribution in [0.3, 0.4) is 0 Å². The second kappa shape index (κ2) is 6.95. The molecule has 0 rings (SSSR count). The molecule has 3 heteroatoms. The van der Waals surface area contributed by atoms with Crippen LogP contribution in [0.2, 0.25) is 0 Å². The molecule has 0 fully saturated rings. The van der Waals surface area contributed by atoms with Crippen molar-refractivity contribution < 1.29 is 0 Å². The highest BCUT2D eigenvalue weighted by Gasteiger charge is 2.07.